The minimum absolute atomic E-state index is 0.0339. The van der Waals surface area contributed by atoms with Gasteiger partial charge in [0.05, 0.1) is 4.90 Å². The molecular weight excluding hydrogens is 367 g/mol. The van der Waals surface area contributed by atoms with Crippen molar-refractivity contribution < 1.29 is 17.6 Å². The maximum absolute atomic E-state index is 13.3. The molecule has 27 heavy (non-hydrogen) atoms. The van der Waals surface area contributed by atoms with Crippen LogP contribution < -0.4 is 4.72 Å². The number of hydrogen-bond acceptors (Lipinski definition) is 3. The molecule has 1 fully saturated rings. The number of likely N-dealkylation sites (tertiary alicyclic amines) is 1. The number of halogens is 1. The Kier molecular flexibility index (Phi) is 5.92. The number of carbonyl (C=O) groups is 1. The van der Waals surface area contributed by atoms with Crippen molar-refractivity contribution in [2.24, 2.45) is 5.92 Å². The van der Waals surface area contributed by atoms with Crippen LogP contribution in [0.2, 0.25) is 0 Å². The summed E-state index contributed by atoms with van der Waals surface area (Å²) in [5.41, 5.74) is 1.45. The van der Waals surface area contributed by atoms with E-state index in [1.807, 2.05) is 30.3 Å². The van der Waals surface area contributed by atoms with Gasteiger partial charge in [0.2, 0.25) is 15.9 Å². The third-order valence-electron chi connectivity index (χ3n) is 4.81. The van der Waals surface area contributed by atoms with Crippen molar-refractivity contribution in [1.82, 2.24) is 9.62 Å². The molecule has 0 aromatic heterocycles. The Balaban J connectivity index is 1.54. The standard InChI is InChI=1S/C20H23FN2O3S/c1-15-11-18(7-8-19(15)21)27(25,26)22-13-17-12-20(24)23(14-17)10-9-16-5-3-2-4-6-16/h2-8,11,17,22H,9-10,12-14H2,1H3. The van der Waals surface area contributed by atoms with Crippen LogP contribution >= 0.6 is 0 Å². The normalized spacial score (nSPS) is 17.5. The van der Waals surface area contributed by atoms with E-state index in [1.165, 1.54) is 24.6 Å². The molecule has 0 radical (unpaired) electrons. The van der Waals surface area contributed by atoms with Crippen LogP contribution in [0.5, 0.6) is 0 Å². The highest BCUT2D eigenvalue weighted by atomic mass is 32.2. The van der Waals surface area contributed by atoms with Crippen LogP contribution in [-0.2, 0) is 21.2 Å². The van der Waals surface area contributed by atoms with Crippen LogP contribution in [0, 0.1) is 18.7 Å². The fourth-order valence-corrected chi connectivity index (χ4v) is 4.41. The summed E-state index contributed by atoms with van der Waals surface area (Å²) in [7, 11) is -3.72. The summed E-state index contributed by atoms with van der Waals surface area (Å²) >= 11 is 0. The lowest BCUT2D eigenvalue weighted by Gasteiger charge is -2.17. The minimum Gasteiger partial charge on any atom is -0.342 e. The first kappa shape index (κ1) is 19.5. The Labute approximate surface area is 159 Å². The zero-order valence-corrected chi connectivity index (χ0v) is 16.0. The van der Waals surface area contributed by atoms with Gasteiger partial charge in [-0.1, -0.05) is 30.3 Å². The maximum Gasteiger partial charge on any atom is 0.240 e. The van der Waals surface area contributed by atoms with Gasteiger partial charge in [-0.3, -0.25) is 4.79 Å². The molecule has 0 bridgehead atoms. The second-order valence-electron chi connectivity index (χ2n) is 6.91. The van der Waals surface area contributed by atoms with Gasteiger partial charge < -0.3 is 4.90 Å². The summed E-state index contributed by atoms with van der Waals surface area (Å²) in [5, 5.41) is 0. The zero-order valence-electron chi connectivity index (χ0n) is 15.2. The largest absolute Gasteiger partial charge is 0.342 e. The summed E-state index contributed by atoms with van der Waals surface area (Å²) < 4.78 is 40.7. The number of nitrogens with zero attached hydrogens (tertiary/aromatic N) is 1. The topological polar surface area (TPSA) is 66.5 Å². The molecule has 1 unspecified atom stereocenters. The molecule has 1 aliphatic rings. The van der Waals surface area contributed by atoms with Crippen molar-refractivity contribution in [3.8, 4) is 0 Å². The smallest absolute Gasteiger partial charge is 0.240 e. The van der Waals surface area contributed by atoms with Crippen molar-refractivity contribution in [2.75, 3.05) is 19.6 Å². The quantitative estimate of drug-likeness (QED) is 0.790. The summed E-state index contributed by atoms with van der Waals surface area (Å²) in [6, 6.07) is 13.6. The lowest BCUT2D eigenvalue weighted by Crippen LogP contribution is -2.32. The number of benzene rings is 2. The number of amides is 1. The summed E-state index contributed by atoms with van der Waals surface area (Å²) in [6.07, 6.45) is 1.11. The Morgan fingerprint density at radius 2 is 1.93 bits per heavy atom. The van der Waals surface area contributed by atoms with Crippen LogP contribution in [-0.4, -0.2) is 38.9 Å². The molecule has 1 saturated heterocycles. The average molecular weight is 390 g/mol. The summed E-state index contributed by atoms with van der Waals surface area (Å²) in [6.45, 7) is 2.88. The van der Waals surface area contributed by atoms with Gasteiger partial charge in [-0.15, -0.1) is 0 Å². The Bertz CT molecular complexity index is 916. The molecule has 0 spiro atoms. The van der Waals surface area contributed by atoms with E-state index in [0.717, 1.165) is 12.5 Å². The first-order valence-electron chi connectivity index (χ1n) is 8.92. The monoisotopic (exact) mass is 390 g/mol. The van der Waals surface area contributed by atoms with Gasteiger partial charge in [0.1, 0.15) is 5.82 Å². The second kappa shape index (κ2) is 8.19. The number of sulfonamides is 1. The third-order valence-corrected chi connectivity index (χ3v) is 6.23. The van der Waals surface area contributed by atoms with Crippen LogP contribution in [0.25, 0.3) is 0 Å². The van der Waals surface area contributed by atoms with E-state index >= 15 is 0 Å². The molecule has 7 heteroatoms. The van der Waals surface area contributed by atoms with Gasteiger partial charge in [0, 0.05) is 26.1 Å². The summed E-state index contributed by atoms with van der Waals surface area (Å²) in [5.74, 6) is -0.457. The average Bonchev–Trinajstić information content (AvgIpc) is 3.01. The zero-order chi connectivity index (χ0) is 19.4. The molecule has 2 aromatic rings. The molecule has 144 valence electrons. The predicted molar refractivity (Wildman–Crippen MR) is 101 cm³/mol. The fourth-order valence-electron chi connectivity index (χ4n) is 3.21. The van der Waals surface area contributed by atoms with Crippen molar-refractivity contribution >= 4 is 15.9 Å². The third kappa shape index (κ3) is 4.93. The number of nitrogens with one attached hydrogen (secondary N) is 1. The number of rotatable bonds is 7. The lowest BCUT2D eigenvalue weighted by atomic mass is 10.1. The van der Waals surface area contributed by atoms with E-state index in [1.54, 1.807) is 4.90 Å². The first-order chi connectivity index (χ1) is 12.8. The molecule has 1 atom stereocenters. The Morgan fingerprint density at radius 3 is 2.63 bits per heavy atom. The van der Waals surface area contributed by atoms with E-state index in [4.69, 9.17) is 0 Å². The molecule has 5 nitrogen and oxygen atoms in total. The van der Waals surface area contributed by atoms with E-state index in [2.05, 4.69) is 4.72 Å². The van der Waals surface area contributed by atoms with Crippen molar-refractivity contribution in [3.05, 3.63) is 65.5 Å². The molecule has 1 heterocycles. The highest BCUT2D eigenvalue weighted by Crippen LogP contribution is 2.19. The van der Waals surface area contributed by atoms with Crippen molar-refractivity contribution in [3.63, 3.8) is 0 Å². The highest BCUT2D eigenvalue weighted by molar-refractivity contribution is 7.89. The van der Waals surface area contributed by atoms with E-state index in [0.29, 0.717) is 19.5 Å². The molecule has 1 aliphatic heterocycles. The van der Waals surface area contributed by atoms with Gasteiger partial charge in [-0.2, -0.15) is 0 Å². The predicted octanol–water partition coefficient (Wildman–Crippen LogP) is 2.50. The van der Waals surface area contributed by atoms with E-state index in [-0.39, 0.29) is 28.8 Å². The molecular formula is C20H23FN2O3S. The van der Waals surface area contributed by atoms with Crippen LogP contribution in [0.3, 0.4) is 0 Å². The van der Waals surface area contributed by atoms with Crippen molar-refractivity contribution in [1.29, 1.82) is 0 Å². The van der Waals surface area contributed by atoms with Crippen LogP contribution in [0.15, 0.2) is 53.4 Å². The molecule has 0 saturated carbocycles. The molecule has 1 N–H and O–H groups in total. The van der Waals surface area contributed by atoms with Gasteiger partial charge in [0.15, 0.2) is 0 Å². The van der Waals surface area contributed by atoms with Gasteiger partial charge in [-0.05, 0) is 48.6 Å². The first-order valence-corrected chi connectivity index (χ1v) is 10.4. The highest BCUT2D eigenvalue weighted by Gasteiger charge is 2.30. The second-order valence-corrected chi connectivity index (χ2v) is 8.68. The fraction of sp³-hybridized carbons (Fsp3) is 0.350. The molecule has 0 aliphatic carbocycles. The number of aryl methyl sites for hydroxylation is 1. The molecule has 2 aromatic carbocycles. The van der Waals surface area contributed by atoms with Crippen LogP contribution in [0.4, 0.5) is 4.39 Å². The van der Waals surface area contributed by atoms with Gasteiger partial charge in [0.25, 0.3) is 0 Å². The van der Waals surface area contributed by atoms with Crippen LogP contribution in [0.1, 0.15) is 17.5 Å². The van der Waals surface area contributed by atoms with E-state index < -0.39 is 15.8 Å². The summed E-state index contributed by atoms with van der Waals surface area (Å²) in [4.78, 5) is 14.0. The number of carbonyl (C=O) groups excluding carboxylic acids is 1. The SMILES string of the molecule is Cc1cc(S(=O)(=O)NCC2CC(=O)N(CCc3ccccc3)C2)ccc1F. The van der Waals surface area contributed by atoms with Crippen molar-refractivity contribution in [2.45, 2.75) is 24.7 Å². The molecule has 3 rings (SSSR count). The number of hydrogen-bond donors (Lipinski definition) is 1. The lowest BCUT2D eigenvalue weighted by molar-refractivity contribution is -0.127. The Hall–Kier alpha value is -2.25. The van der Waals surface area contributed by atoms with Gasteiger partial charge in [-0.25, -0.2) is 17.5 Å². The maximum atomic E-state index is 13.3. The molecule has 1 amide bonds. The minimum atomic E-state index is -3.72. The van der Waals surface area contributed by atoms with Gasteiger partial charge >= 0.3 is 0 Å². The van der Waals surface area contributed by atoms with E-state index in [9.17, 15) is 17.6 Å². The Morgan fingerprint density at radius 1 is 1.19 bits per heavy atom.